The molecule has 1 aliphatic carbocycles. The number of benzene rings is 1. The first kappa shape index (κ1) is 19.7. The molecule has 2 fully saturated rings. The zero-order valence-electron chi connectivity index (χ0n) is 18.0. The van der Waals surface area contributed by atoms with Gasteiger partial charge >= 0.3 is 0 Å². The molecule has 0 atom stereocenters. The van der Waals surface area contributed by atoms with Crippen LogP contribution in [0.1, 0.15) is 36.1 Å². The summed E-state index contributed by atoms with van der Waals surface area (Å²) < 4.78 is 0. The maximum absolute atomic E-state index is 12.9. The van der Waals surface area contributed by atoms with Gasteiger partial charge in [0.25, 0.3) is 0 Å². The minimum atomic E-state index is 0.298. The van der Waals surface area contributed by atoms with Crippen LogP contribution in [-0.4, -0.2) is 70.9 Å². The van der Waals surface area contributed by atoms with E-state index in [1.165, 1.54) is 36.0 Å². The minimum Gasteiger partial charge on any atom is -0.339 e. The van der Waals surface area contributed by atoms with E-state index in [-0.39, 0.29) is 0 Å². The molecule has 0 unspecified atom stereocenters. The van der Waals surface area contributed by atoms with E-state index in [4.69, 9.17) is 0 Å². The highest BCUT2D eigenvalue weighted by molar-refractivity contribution is 5.78. The zero-order chi connectivity index (χ0) is 20.5. The van der Waals surface area contributed by atoms with Crippen LogP contribution < -0.4 is 0 Å². The van der Waals surface area contributed by atoms with E-state index in [9.17, 15) is 4.79 Å². The van der Waals surface area contributed by atoms with E-state index in [0.29, 0.717) is 12.5 Å². The lowest BCUT2D eigenvalue weighted by Crippen LogP contribution is -2.55. The molecule has 1 saturated heterocycles. The predicted octanol–water partition coefficient (Wildman–Crippen LogP) is 3.11. The van der Waals surface area contributed by atoms with Gasteiger partial charge in [0.2, 0.25) is 5.91 Å². The second-order valence-electron chi connectivity index (χ2n) is 9.11. The lowest BCUT2D eigenvalue weighted by molar-refractivity contribution is -0.135. The molecule has 5 nitrogen and oxygen atoms in total. The first-order valence-corrected chi connectivity index (χ1v) is 11.5. The van der Waals surface area contributed by atoms with E-state index in [0.717, 1.165) is 63.1 Å². The number of hydrogen-bond donors (Lipinski definition) is 0. The molecule has 0 bridgehead atoms. The second-order valence-corrected chi connectivity index (χ2v) is 9.11. The minimum absolute atomic E-state index is 0.298. The molecule has 0 spiro atoms. The molecule has 1 aromatic heterocycles. The van der Waals surface area contributed by atoms with Crippen molar-refractivity contribution in [3.05, 3.63) is 53.2 Å². The van der Waals surface area contributed by atoms with Crippen molar-refractivity contribution < 1.29 is 4.79 Å². The normalized spacial score (nSPS) is 20.6. The first-order valence-electron chi connectivity index (χ1n) is 11.5. The summed E-state index contributed by atoms with van der Waals surface area (Å²) in [6, 6.07) is 13.7. The predicted molar refractivity (Wildman–Crippen MR) is 119 cm³/mol. The first-order chi connectivity index (χ1) is 14.7. The fourth-order valence-electron chi connectivity index (χ4n) is 4.99. The molecule has 3 aliphatic rings. The Balaban J connectivity index is 1.17. The quantitative estimate of drug-likeness (QED) is 0.785. The van der Waals surface area contributed by atoms with Crippen LogP contribution in [0, 0.1) is 6.92 Å². The molecule has 0 radical (unpaired) electrons. The van der Waals surface area contributed by atoms with Crippen molar-refractivity contribution in [2.75, 3.05) is 39.3 Å². The Morgan fingerprint density at radius 1 is 1.03 bits per heavy atom. The third-order valence-corrected chi connectivity index (χ3v) is 7.10. The fourth-order valence-corrected chi connectivity index (χ4v) is 4.99. The molecule has 5 heteroatoms. The monoisotopic (exact) mass is 404 g/mol. The average molecular weight is 405 g/mol. The van der Waals surface area contributed by atoms with Crippen LogP contribution >= 0.6 is 0 Å². The number of carbonyl (C=O) groups is 1. The summed E-state index contributed by atoms with van der Waals surface area (Å²) in [6.07, 6.45) is 5.08. The van der Waals surface area contributed by atoms with Crippen molar-refractivity contribution in [3.8, 4) is 11.3 Å². The molecule has 1 amide bonds. The SMILES string of the molecule is Cc1cccc(-c2ccc3c(c2)CCN(CC(=O)N2CCN(C4CCC4)CC2)C3)n1. The summed E-state index contributed by atoms with van der Waals surface area (Å²) in [5.74, 6) is 0.298. The van der Waals surface area contributed by atoms with Crippen LogP contribution in [0.3, 0.4) is 0 Å². The summed E-state index contributed by atoms with van der Waals surface area (Å²) in [5, 5.41) is 0. The third kappa shape index (κ3) is 4.14. The van der Waals surface area contributed by atoms with Crippen LogP contribution in [-0.2, 0) is 17.8 Å². The topological polar surface area (TPSA) is 39.7 Å². The van der Waals surface area contributed by atoms with Crippen LogP contribution in [0.15, 0.2) is 36.4 Å². The van der Waals surface area contributed by atoms with Gasteiger partial charge in [-0.25, -0.2) is 0 Å². The molecule has 3 heterocycles. The van der Waals surface area contributed by atoms with Gasteiger partial charge in [0.15, 0.2) is 0 Å². The van der Waals surface area contributed by atoms with Gasteiger partial charge in [0.05, 0.1) is 12.2 Å². The highest BCUT2D eigenvalue weighted by atomic mass is 16.2. The number of piperazine rings is 1. The number of aryl methyl sites for hydroxylation is 1. The average Bonchev–Trinajstić information content (AvgIpc) is 2.72. The van der Waals surface area contributed by atoms with Gasteiger partial charge in [-0.15, -0.1) is 0 Å². The second kappa shape index (κ2) is 8.48. The van der Waals surface area contributed by atoms with Gasteiger partial charge in [0, 0.05) is 56.6 Å². The highest BCUT2D eigenvalue weighted by Crippen LogP contribution is 2.27. The Hall–Kier alpha value is -2.24. The number of rotatable bonds is 4. The number of pyridine rings is 1. The molecule has 2 aliphatic heterocycles. The fraction of sp³-hybridized carbons (Fsp3) is 0.520. The van der Waals surface area contributed by atoms with Crippen LogP contribution in [0.2, 0.25) is 0 Å². The molecule has 1 aromatic carbocycles. The number of amides is 1. The van der Waals surface area contributed by atoms with Gasteiger partial charge < -0.3 is 4.90 Å². The third-order valence-electron chi connectivity index (χ3n) is 7.10. The zero-order valence-corrected chi connectivity index (χ0v) is 18.0. The number of hydrogen-bond acceptors (Lipinski definition) is 4. The van der Waals surface area contributed by atoms with Gasteiger partial charge in [-0.2, -0.15) is 0 Å². The molecule has 1 saturated carbocycles. The summed E-state index contributed by atoms with van der Waals surface area (Å²) in [7, 11) is 0. The van der Waals surface area contributed by atoms with Crippen LogP contribution in [0.25, 0.3) is 11.3 Å². The Labute approximate surface area is 179 Å². The highest BCUT2D eigenvalue weighted by Gasteiger charge is 2.30. The van der Waals surface area contributed by atoms with Gasteiger partial charge in [-0.1, -0.05) is 24.6 Å². The van der Waals surface area contributed by atoms with Gasteiger partial charge in [-0.05, 0) is 55.5 Å². The molecule has 158 valence electrons. The molecular weight excluding hydrogens is 372 g/mol. The molecular formula is C25H32N4O. The van der Waals surface area contributed by atoms with E-state index in [1.807, 2.05) is 13.0 Å². The van der Waals surface area contributed by atoms with E-state index >= 15 is 0 Å². The van der Waals surface area contributed by atoms with Crippen molar-refractivity contribution in [2.45, 2.75) is 45.2 Å². The smallest absolute Gasteiger partial charge is 0.236 e. The number of nitrogens with zero attached hydrogens (tertiary/aromatic N) is 4. The molecule has 0 N–H and O–H groups in total. The lowest BCUT2D eigenvalue weighted by Gasteiger charge is -2.43. The molecule has 30 heavy (non-hydrogen) atoms. The number of fused-ring (bicyclic) bond motifs is 1. The maximum Gasteiger partial charge on any atom is 0.236 e. The number of carbonyl (C=O) groups excluding carboxylic acids is 1. The number of aromatic nitrogens is 1. The van der Waals surface area contributed by atoms with E-state index in [2.05, 4.69) is 50.0 Å². The van der Waals surface area contributed by atoms with Crippen LogP contribution in [0.5, 0.6) is 0 Å². The van der Waals surface area contributed by atoms with E-state index in [1.54, 1.807) is 0 Å². The Morgan fingerprint density at radius 2 is 1.87 bits per heavy atom. The van der Waals surface area contributed by atoms with Crippen molar-refractivity contribution >= 4 is 5.91 Å². The standard InChI is InChI=1S/C25H32N4O/c1-19-4-2-7-24(26-19)21-8-9-22-17-27(11-10-20(22)16-21)18-25(30)29-14-12-28(13-15-29)23-5-3-6-23/h2,4,7-9,16,23H,3,5-6,10-15,17-18H2,1H3. The van der Waals surface area contributed by atoms with Crippen molar-refractivity contribution in [1.29, 1.82) is 0 Å². The van der Waals surface area contributed by atoms with Crippen molar-refractivity contribution in [1.82, 2.24) is 19.7 Å². The Bertz CT molecular complexity index is 915. The summed E-state index contributed by atoms with van der Waals surface area (Å²) in [6.45, 7) is 8.29. The van der Waals surface area contributed by atoms with Crippen molar-refractivity contribution in [3.63, 3.8) is 0 Å². The van der Waals surface area contributed by atoms with Crippen LogP contribution in [0.4, 0.5) is 0 Å². The van der Waals surface area contributed by atoms with Gasteiger partial charge in [-0.3, -0.25) is 19.6 Å². The van der Waals surface area contributed by atoms with Gasteiger partial charge in [0.1, 0.15) is 0 Å². The van der Waals surface area contributed by atoms with Crippen molar-refractivity contribution in [2.24, 2.45) is 0 Å². The summed E-state index contributed by atoms with van der Waals surface area (Å²) in [4.78, 5) is 24.5. The lowest BCUT2D eigenvalue weighted by atomic mass is 9.91. The maximum atomic E-state index is 12.9. The Morgan fingerprint density at radius 3 is 2.60 bits per heavy atom. The Kier molecular flexibility index (Phi) is 5.57. The summed E-state index contributed by atoms with van der Waals surface area (Å²) >= 11 is 0. The van der Waals surface area contributed by atoms with E-state index < -0.39 is 0 Å². The molecule has 5 rings (SSSR count). The molecule has 2 aromatic rings. The summed E-state index contributed by atoms with van der Waals surface area (Å²) in [5.41, 5.74) is 6.01. The largest absolute Gasteiger partial charge is 0.339 e.